The third kappa shape index (κ3) is 3.25. The van der Waals surface area contributed by atoms with Gasteiger partial charge < -0.3 is 9.64 Å². The van der Waals surface area contributed by atoms with Crippen LogP contribution in [0.4, 0.5) is 4.79 Å². The molecule has 0 saturated carbocycles. The van der Waals surface area contributed by atoms with Crippen molar-refractivity contribution in [3.05, 3.63) is 29.8 Å². The van der Waals surface area contributed by atoms with Gasteiger partial charge in [0.15, 0.2) is 0 Å². The Kier molecular flexibility index (Phi) is 3.68. The van der Waals surface area contributed by atoms with E-state index in [1.165, 1.54) is 17.0 Å². The summed E-state index contributed by atoms with van der Waals surface area (Å²) in [7, 11) is 3.32. The Hall–Kier alpha value is -1.55. The van der Waals surface area contributed by atoms with Crippen LogP contribution in [0.3, 0.4) is 0 Å². The fraction of sp³-hybridized carbons (Fsp3) is 0.200. The highest BCUT2D eigenvalue weighted by atomic mass is 35.5. The second-order valence-electron chi connectivity index (χ2n) is 3.06. The van der Waals surface area contributed by atoms with Gasteiger partial charge in [0.05, 0.1) is 0 Å². The maximum absolute atomic E-state index is 11.5. The van der Waals surface area contributed by atoms with E-state index >= 15 is 0 Å². The van der Waals surface area contributed by atoms with Crippen LogP contribution in [0.15, 0.2) is 24.3 Å². The lowest BCUT2D eigenvalue weighted by molar-refractivity contribution is 0.0827. The highest BCUT2D eigenvalue weighted by Gasteiger charge is 2.07. The highest BCUT2D eigenvalue weighted by molar-refractivity contribution is 6.61. The first-order valence-electron chi connectivity index (χ1n) is 4.19. The maximum atomic E-state index is 11.5. The van der Waals surface area contributed by atoms with Gasteiger partial charge in [0.25, 0.3) is 5.91 Å². The fourth-order valence-corrected chi connectivity index (χ4v) is 1.11. The maximum Gasteiger partial charge on any atom is 0.409 e. The largest absolute Gasteiger partial charge is 0.415 e. The third-order valence-corrected chi connectivity index (χ3v) is 1.78. The molecule has 0 N–H and O–H groups in total. The van der Waals surface area contributed by atoms with E-state index in [9.17, 15) is 9.59 Å². The molecule has 15 heavy (non-hydrogen) atoms. The first-order chi connectivity index (χ1) is 7.00. The number of halogens is 1. The molecule has 0 spiro atoms. The van der Waals surface area contributed by atoms with Crippen LogP contribution < -0.4 is 4.74 Å². The van der Waals surface area contributed by atoms with Gasteiger partial charge >= 0.3 is 5.43 Å². The summed E-state index contributed by atoms with van der Waals surface area (Å²) in [6, 6.07) is 6.16. The van der Waals surface area contributed by atoms with Gasteiger partial charge in [-0.1, -0.05) is 0 Å². The molecule has 0 aromatic heterocycles. The number of rotatable bonds is 2. The number of carbonyl (C=O) groups is 2. The number of nitrogens with zero attached hydrogens (tertiary/aromatic N) is 1. The summed E-state index contributed by atoms with van der Waals surface area (Å²) < 4.78 is 4.61. The molecule has 0 fully saturated rings. The molecule has 5 heteroatoms. The van der Waals surface area contributed by atoms with E-state index in [1.807, 2.05) is 0 Å². The van der Waals surface area contributed by atoms with Crippen molar-refractivity contribution in [3.63, 3.8) is 0 Å². The molecule has 0 aliphatic heterocycles. The summed E-state index contributed by atoms with van der Waals surface area (Å²) in [4.78, 5) is 23.3. The Morgan fingerprint density at radius 3 is 2.13 bits per heavy atom. The molecule has 0 aliphatic rings. The van der Waals surface area contributed by atoms with E-state index in [0.717, 1.165) is 0 Å². The summed E-state index contributed by atoms with van der Waals surface area (Å²) in [5.41, 5.74) is -0.379. The zero-order chi connectivity index (χ0) is 11.4. The molecule has 80 valence electrons. The molecule has 0 radical (unpaired) electrons. The monoisotopic (exact) mass is 227 g/mol. The van der Waals surface area contributed by atoms with E-state index in [0.29, 0.717) is 11.3 Å². The number of ether oxygens (including phenoxy) is 1. The van der Waals surface area contributed by atoms with Crippen molar-refractivity contribution in [1.82, 2.24) is 4.90 Å². The number of carbonyl (C=O) groups excluding carboxylic acids is 2. The Morgan fingerprint density at radius 2 is 1.73 bits per heavy atom. The van der Waals surface area contributed by atoms with Gasteiger partial charge in [-0.3, -0.25) is 4.79 Å². The van der Waals surface area contributed by atoms with E-state index in [1.54, 1.807) is 26.2 Å². The second kappa shape index (κ2) is 4.79. The number of benzene rings is 1. The minimum Gasteiger partial charge on any atom is -0.415 e. The van der Waals surface area contributed by atoms with Gasteiger partial charge in [-0.2, -0.15) is 0 Å². The topological polar surface area (TPSA) is 46.6 Å². The van der Waals surface area contributed by atoms with Crippen molar-refractivity contribution >= 4 is 22.9 Å². The van der Waals surface area contributed by atoms with Gasteiger partial charge in [-0.25, -0.2) is 4.79 Å². The van der Waals surface area contributed by atoms with Crippen molar-refractivity contribution < 1.29 is 14.3 Å². The van der Waals surface area contributed by atoms with Crippen LogP contribution in [0.1, 0.15) is 10.4 Å². The van der Waals surface area contributed by atoms with E-state index in [2.05, 4.69) is 4.74 Å². The van der Waals surface area contributed by atoms with Crippen molar-refractivity contribution in [3.8, 4) is 5.75 Å². The molecule has 0 atom stereocenters. The summed E-state index contributed by atoms with van der Waals surface area (Å²) in [6.45, 7) is 0. The summed E-state index contributed by atoms with van der Waals surface area (Å²) >= 11 is 5.03. The minimum absolute atomic E-state index is 0.112. The van der Waals surface area contributed by atoms with Crippen LogP contribution in [-0.4, -0.2) is 30.3 Å². The average Bonchev–Trinajstić information content (AvgIpc) is 2.17. The number of hydrogen-bond donors (Lipinski definition) is 0. The van der Waals surface area contributed by atoms with Gasteiger partial charge in [-0.05, 0) is 24.3 Å². The zero-order valence-corrected chi connectivity index (χ0v) is 9.12. The van der Waals surface area contributed by atoms with E-state index in [4.69, 9.17) is 11.6 Å². The lowest BCUT2D eigenvalue weighted by atomic mass is 10.2. The summed E-state index contributed by atoms with van der Waals surface area (Å²) in [6.07, 6.45) is 0. The SMILES string of the molecule is CN(C)C(=O)c1ccc(OC(=O)Cl)cc1. The quantitative estimate of drug-likeness (QED) is 0.727. The molecule has 0 heterocycles. The Bertz CT molecular complexity index is 373. The lowest BCUT2D eigenvalue weighted by Gasteiger charge is -2.10. The van der Waals surface area contributed by atoms with Crippen LogP contribution in [0.25, 0.3) is 0 Å². The van der Waals surface area contributed by atoms with Gasteiger partial charge in [0, 0.05) is 31.3 Å². The molecule has 1 rings (SSSR count). The van der Waals surface area contributed by atoms with E-state index in [-0.39, 0.29) is 5.91 Å². The van der Waals surface area contributed by atoms with Crippen LogP contribution in [0.2, 0.25) is 0 Å². The highest BCUT2D eigenvalue weighted by Crippen LogP contribution is 2.14. The molecule has 0 aliphatic carbocycles. The molecule has 0 saturated heterocycles. The van der Waals surface area contributed by atoms with Crippen molar-refractivity contribution in [1.29, 1.82) is 0 Å². The fourth-order valence-electron chi connectivity index (χ4n) is 1.02. The molecule has 1 aromatic rings. The van der Waals surface area contributed by atoms with Crippen LogP contribution >= 0.6 is 11.6 Å². The Labute approximate surface area is 92.4 Å². The molecular weight excluding hydrogens is 218 g/mol. The van der Waals surface area contributed by atoms with Crippen molar-refractivity contribution in [2.45, 2.75) is 0 Å². The molecule has 0 bridgehead atoms. The number of hydrogen-bond acceptors (Lipinski definition) is 3. The van der Waals surface area contributed by atoms with Gasteiger partial charge in [0.2, 0.25) is 0 Å². The first kappa shape index (κ1) is 11.5. The van der Waals surface area contributed by atoms with Crippen LogP contribution in [-0.2, 0) is 0 Å². The smallest absolute Gasteiger partial charge is 0.409 e. The lowest BCUT2D eigenvalue weighted by Crippen LogP contribution is -2.21. The second-order valence-corrected chi connectivity index (χ2v) is 3.37. The van der Waals surface area contributed by atoms with E-state index < -0.39 is 5.43 Å². The van der Waals surface area contributed by atoms with Crippen molar-refractivity contribution in [2.24, 2.45) is 0 Å². The number of amides is 1. The Morgan fingerprint density at radius 1 is 1.20 bits per heavy atom. The molecule has 1 amide bonds. The molecule has 0 unspecified atom stereocenters. The molecule has 4 nitrogen and oxygen atoms in total. The molecular formula is C10H10ClNO3. The zero-order valence-electron chi connectivity index (χ0n) is 8.36. The normalized spacial score (nSPS) is 9.53. The van der Waals surface area contributed by atoms with Crippen LogP contribution in [0, 0.1) is 0 Å². The molecule has 1 aromatic carbocycles. The summed E-state index contributed by atoms with van der Waals surface area (Å²) in [5, 5.41) is 0. The van der Waals surface area contributed by atoms with Gasteiger partial charge in [-0.15, -0.1) is 0 Å². The predicted octanol–water partition coefficient (Wildman–Crippen LogP) is 2.13. The van der Waals surface area contributed by atoms with Crippen LogP contribution in [0.5, 0.6) is 5.75 Å². The predicted molar refractivity (Wildman–Crippen MR) is 56.3 cm³/mol. The minimum atomic E-state index is -0.901. The van der Waals surface area contributed by atoms with Gasteiger partial charge in [0.1, 0.15) is 5.75 Å². The van der Waals surface area contributed by atoms with Crippen molar-refractivity contribution in [2.75, 3.05) is 14.1 Å². The third-order valence-electron chi connectivity index (χ3n) is 1.71. The standard InChI is InChI=1S/C10H10ClNO3/c1-12(2)9(13)7-3-5-8(6-4-7)15-10(11)14/h3-6H,1-2H3. The average molecular weight is 228 g/mol. The first-order valence-corrected chi connectivity index (χ1v) is 4.57. The Balaban J connectivity index is 2.81. The summed E-state index contributed by atoms with van der Waals surface area (Å²) in [5.74, 6) is 0.198.